The summed E-state index contributed by atoms with van der Waals surface area (Å²) in [7, 11) is 0. The van der Waals surface area contributed by atoms with Crippen LogP contribution in [0.1, 0.15) is 57.4 Å². The molecule has 0 heterocycles. The van der Waals surface area contributed by atoms with Crippen LogP contribution in [0.2, 0.25) is 0 Å². The van der Waals surface area contributed by atoms with Gasteiger partial charge in [-0.1, -0.05) is 45.4 Å². The second kappa shape index (κ2) is 9.35. The number of anilines is 1. The topological polar surface area (TPSA) is 12.0 Å². The second-order valence-corrected chi connectivity index (χ2v) is 5.98. The van der Waals surface area contributed by atoms with Gasteiger partial charge in [-0.25, -0.2) is 4.39 Å². The van der Waals surface area contributed by atoms with Gasteiger partial charge in [-0.05, 0) is 47.0 Å². The minimum absolute atomic E-state index is 0.195. The molecular formula is C16H25BrFN. The summed E-state index contributed by atoms with van der Waals surface area (Å²) in [6, 6.07) is 3.39. The van der Waals surface area contributed by atoms with Crippen molar-refractivity contribution in [1.29, 1.82) is 0 Å². The molecule has 108 valence electrons. The fraction of sp³-hybridized carbons (Fsp3) is 0.625. The molecule has 1 aromatic rings. The second-order valence-electron chi connectivity index (χ2n) is 5.13. The Hall–Kier alpha value is -0.570. The molecule has 0 amide bonds. The summed E-state index contributed by atoms with van der Waals surface area (Å²) in [5.74, 6) is -0.195. The minimum Gasteiger partial charge on any atom is -0.385 e. The van der Waals surface area contributed by atoms with Crippen LogP contribution in [0.15, 0.2) is 16.6 Å². The zero-order valence-electron chi connectivity index (χ0n) is 12.1. The van der Waals surface area contributed by atoms with Gasteiger partial charge < -0.3 is 5.32 Å². The van der Waals surface area contributed by atoms with Gasteiger partial charge in [0.05, 0.1) is 4.47 Å². The number of unbranched alkanes of at least 4 members (excludes halogenated alkanes) is 6. The fourth-order valence-electron chi connectivity index (χ4n) is 2.14. The zero-order chi connectivity index (χ0) is 14.1. The quantitative estimate of drug-likeness (QED) is 0.543. The highest BCUT2D eigenvalue weighted by molar-refractivity contribution is 9.10. The van der Waals surface area contributed by atoms with E-state index in [1.54, 1.807) is 6.07 Å². The van der Waals surface area contributed by atoms with Crippen LogP contribution in [0.3, 0.4) is 0 Å². The van der Waals surface area contributed by atoms with Crippen LogP contribution in [0.25, 0.3) is 0 Å². The lowest BCUT2D eigenvalue weighted by atomic mass is 10.1. The molecule has 0 radical (unpaired) electrons. The van der Waals surface area contributed by atoms with Crippen LogP contribution in [0, 0.1) is 12.7 Å². The Labute approximate surface area is 125 Å². The summed E-state index contributed by atoms with van der Waals surface area (Å²) >= 11 is 3.22. The Kier molecular flexibility index (Phi) is 8.11. The smallest absolute Gasteiger partial charge is 0.137 e. The summed E-state index contributed by atoms with van der Waals surface area (Å²) in [4.78, 5) is 0. The van der Waals surface area contributed by atoms with Gasteiger partial charge >= 0.3 is 0 Å². The Balaban J connectivity index is 2.17. The summed E-state index contributed by atoms with van der Waals surface area (Å²) in [5.41, 5.74) is 1.99. The number of benzene rings is 1. The van der Waals surface area contributed by atoms with Gasteiger partial charge in [-0.15, -0.1) is 0 Å². The Bertz CT molecular complexity index is 379. The summed E-state index contributed by atoms with van der Waals surface area (Å²) in [5, 5.41) is 3.39. The number of aryl methyl sites for hydroxylation is 1. The van der Waals surface area contributed by atoms with E-state index >= 15 is 0 Å². The van der Waals surface area contributed by atoms with Crippen molar-refractivity contribution in [3.8, 4) is 0 Å². The molecule has 0 aliphatic rings. The highest BCUT2D eigenvalue weighted by atomic mass is 79.9. The molecule has 0 aromatic heterocycles. The molecule has 0 saturated heterocycles. The maximum atomic E-state index is 13.3. The fourth-order valence-corrected chi connectivity index (χ4v) is 2.49. The average Bonchev–Trinajstić information content (AvgIpc) is 2.38. The number of halogens is 2. The molecule has 0 fully saturated rings. The maximum absolute atomic E-state index is 13.3. The lowest BCUT2D eigenvalue weighted by Gasteiger charge is -2.10. The number of hydrogen-bond donors (Lipinski definition) is 1. The molecule has 3 heteroatoms. The maximum Gasteiger partial charge on any atom is 0.137 e. The van der Waals surface area contributed by atoms with Crippen molar-refractivity contribution in [2.75, 3.05) is 11.9 Å². The predicted octanol–water partition coefficient (Wildman–Crippen LogP) is 6.06. The van der Waals surface area contributed by atoms with Gasteiger partial charge in [0.2, 0.25) is 0 Å². The van der Waals surface area contributed by atoms with E-state index in [0.29, 0.717) is 4.47 Å². The molecular weight excluding hydrogens is 305 g/mol. The third-order valence-corrected chi connectivity index (χ3v) is 3.97. The SMILES string of the molecule is CCCCCCCCCNc1cc(Br)c(F)cc1C. The summed E-state index contributed by atoms with van der Waals surface area (Å²) < 4.78 is 13.8. The summed E-state index contributed by atoms with van der Waals surface area (Å²) in [6.45, 7) is 5.14. The van der Waals surface area contributed by atoms with Crippen LogP contribution in [-0.2, 0) is 0 Å². The molecule has 0 aliphatic heterocycles. The van der Waals surface area contributed by atoms with Crippen molar-refractivity contribution >= 4 is 21.6 Å². The highest BCUT2D eigenvalue weighted by Gasteiger charge is 2.04. The van der Waals surface area contributed by atoms with Crippen LogP contribution >= 0.6 is 15.9 Å². The van der Waals surface area contributed by atoms with E-state index in [0.717, 1.165) is 17.8 Å². The number of rotatable bonds is 9. The predicted molar refractivity (Wildman–Crippen MR) is 85.3 cm³/mol. The van der Waals surface area contributed by atoms with E-state index in [4.69, 9.17) is 0 Å². The van der Waals surface area contributed by atoms with Crippen molar-refractivity contribution in [2.24, 2.45) is 0 Å². The summed E-state index contributed by atoms with van der Waals surface area (Å²) in [6.07, 6.45) is 9.18. The number of nitrogens with one attached hydrogen (secondary N) is 1. The largest absolute Gasteiger partial charge is 0.385 e. The standard InChI is InChI=1S/C16H25BrFN/c1-3-4-5-6-7-8-9-10-19-16-12-14(17)15(18)11-13(16)2/h11-12,19H,3-10H2,1-2H3. The third kappa shape index (κ3) is 6.42. The lowest BCUT2D eigenvalue weighted by Crippen LogP contribution is -2.03. The molecule has 1 aromatic carbocycles. The van der Waals surface area contributed by atoms with E-state index < -0.39 is 0 Å². The molecule has 0 unspecified atom stereocenters. The highest BCUT2D eigenvalue weighted by Crippen LogP contribution is 2.24. The van der Waals surface area contributed by atoms with Gasteiger partial charge in [-0.2, -0.15) is 0 Å². The van der Waals surface area contributed by atoms with Crippen molar-refractivity contribution < 1.29 is 4.39 Å². The zero-order valence-corrected chi connectivity index (χ0v) is 13.7. The Morgan fingerprint density at radius 1 is 1.05 bits per heavy atom. The molecule has 1 N–H and O–H groups in total. The molecule has 0 spiro atoms. The lowest BCUT2D eigenvalue weighted by molar-refractivity contribution is 0.596. The van der Waals surface area contributed by atoms with E-state index in [1.807, 2.05) is 13.0 Å². The molecule has 0 atom stereocenters. The van der Waals surface area contributed by atoms with Gasteiger partial charge in [-0.3, -0.25) is 0 Å². The molecule has 19 heavy (non-hydrogen) atoms. The van der Waals surface area contributed by atoms with Crippen LogP contribution < -0.4 is 5.32 Å². The first-order valence-electron chi connectivity index (χ1n) is 7.34. The first-order chi connectivity index (χ1) is 9.15. The minimum atomic E-state index is -0.195. The molecule has 0 bridgehead atoms. The first kappa shape index (κ1) is 16.5. The molecule has 0 saturated carbocycles. The first-order valence-corrected chi connectivity index (χ1v) is 8.14. The third-order valence-electron chi connectivity index (χ3n) is 3.36. The van der Waals surface area contributed by atoms with E-state index in [2.05, 4.69) is 28.2 Å². The van der Waals surface area contributed by atoms with Crippen molar-refractivity contribution in [2.45, 2.75) is 58.8 Å². The van der Waals surface area contributed by atoms with Crippen molar-refractivity contribution in [1.82, 2.24) is 0 Å². The average molecular weight is 330 g/mol. The van der Waals surface area contributed by atoms with Crippen LogP contribution in [0.5, 0.6) is 0 Å². The van der Waals surface area contributed by atoms with Gasteiger partial charge in [0.1, 0.15) is 5.82 Å². The Morgan fingerprint density at radius 3 is 2.37 bits per heavy atom. The van der Waals surface area contributed by atoms with E-state index in [1.165, 1.54) is 44.9 Å². The van der Waals surface area contributed by atoms with Gasteiger partial charge in [0.15, 0.2) is 0 Å². The van der Waals surface area contributed by atoms with E-state index in [-0.39, 0.29) is 5.82 Å². The Morgan fingerprint density at radius 2 is 1.68 bits per heavy atom. The molecule has 1 nitrogen and oxygen atoms in total. The van der Waals surface area contributed by atoms with Crippen LogP contribution in [-0.4, -0.2) is 6.54 Å². The van der Waals surface area contributed by atoms with Crippen molar-refractivity contribution in [3.63, 3.8) is 0 Å². The monoisotopic (exact) mass is 329 g/mol. The molecule has 1 rings (SSSR count). The van der Waals surface area contributed by atoms with Gasteiger partial charge in [0, 0.05) is 12.2 Å². The van der Waals surface area contributed by atoms with Crippen molar-refractivity contribution in [3.05, 3.63) is 28.0 Å². The van der Waals surface area contributed by atoms with E-state index in [9.17, 15) is 4.39 Å². The van der Waals surface area contributed by atoms with Gasteiger partial charge in [0.25, 0.3) is 0 Å². The molecule has 0 aliphatic carbocycles. The normalized spacial score (nSPS) is 10.7. The number of hydrogen-bond acceptors (Lipinski definition) is 1. The van der Waals surface area contributed by atoms with Crippen LogP contribution in [0.4, 0.5) is 10.1 Å².